The molecule has 3 nitrogen and oxygen atoms in total. The molecule has 0 saturated heterocycles. The molecule has 15 heavy (non-hydrogen) atoms. The van der Waals surface area contributed by atoms with E-state index in [0.717, 1.165) is 12.3 Å². The third-order valence-corrected chi connectivity index (χ3v) is 3.85. The van der Waals surface area contributed by atoms with E-state index in [1.54, 1.807) is 0 Å². The average molecular weight is 205 g/mol. The van der Waals surface area contributed by atoms with Crippen LogP contribution in [0.1, 0.15) is 42.4 Å². The first kappa shape index (κ1) is 9.40. The Hall–Kier alpha value is -0.830. The summed E-state index contributed by atoms with van der Waals surface area (Å²) in [6.45, 7) is 0. The van der Waals surface area contributed by atoms with Gasteiger partial charge in [-0.2, -0.15) is 0 Å². The van der Waals surface area contributed by atoms with Gasteiger partial charge in [0.05, 0.1) is 5.69 Å². The Balaban J connectivity index is 1.93. The SMILES string of the molecule is CNC1CCc2c(nc(C3CC3)n2C)C1. The molecule has 1 aromatic heterocycles. The summed E-state index contributed by atoms with van der Waals surface area (Å²) in [5.41, 5.74) is 2.84. The summed E-state index contributed by atoms with van der Waals surface area (Å²) in [5, 5.41) is 3.37. The van der Waals surface area contributed by atoms with Gasteiger partial charge in [0, 0.05) is 31.1 Å². The number of hydrogen-bond acceptors (Lipinski definition) is 2. The van der Waals surface area contributed by atoms with Gasteiger partial charge in [-0.1, -0.05) is 0 Å². The molecule has 0 amide bonds. The minimum absolute atomic E-state index is 0.638. The molecule has 1 saturated carbocycles. The lowest BCUT2D eigenvalue weighted by molar-refractivity contribution is 0.482. The molecule has 3 heteroatoms. The maximum atomic E-state index is 4.83. The third kappa shape index (κ3) is 1.49. The van der Waals surface area contributed by atoms with Crippen LogP contribution in [0.15, 0.2) is 0 Å². The Morgan fingerprint density at radius 3 is 2.80 bits per heavy atom. The van der Waals surface area contributed by atoms with Crippen LogP contribution in [0.5, 0.6) is 0 Å². The highest BCUT2D eigenvalue weighted by atomic mass is 15.1. The van der Waals surface area contributed by atoms with Crippen molar-refractivity contribution in [2.45, 2.75) is 44.1 Å². The number of aromatic nitrogens is 2. The summed E-state index contributed by atoms with van der Waals surface area (Å²) >= 11 is 0. The number of nitrogens with one attached hydrogen (secondary N) is 1. The molecule has 2 aliphatic rings. The first-order chi connectivity index (χ1) is 7.29. The van der Waals surface area contributed by atoms with Gasteiger partial charge in [-0.05, 0) is 32.7 Å². The summed E-state index contributed by atoms with van der Waals surface area (Å²) in [6, 6.07) is 0.638. The van der Waals surface area contributed by atoms with E-state index in [1.807, 2.05) is 0 Å². The van der Waals surface area contributed by atoms with Crippen LogP contribution >= 0.6 is 0 Å². The molecular weight excluding hydrogens is 186 g/mol. The number of nitrogens with zero attached hydrogens (tertiary/aromatic N) is 2. The maximum Gasteiger partial charge on any atom is 0.112 e. The van der Waals surface area contributed by atoms with Crippen LogP contribution < -0.4 is 5.32 Å². The molecule has 1 aromatic rings. The van der Waals surface area contributed by atoms with E-state index in [2.05, 4.69) is 24.0 Å². The zero-order valence-corrected chi connectivity index (χ0v) is 9.58. The quantitative estimate of drug-likeness (QED) is 0.790. The van der Waals surface area contributed by atoms with Gasteiger partial charge in [-0.3, -0.25) is 0 Å². The topological polar surface area (TPSA) is 29.9 Å². The van der Waals surface area contributed by atoms with E-state index >= 15 is 0 Å². The van der Waals surface area contributed by atoms with Crippen molar-refractivity contribution in [2.24, 2.45) is 7.05 Å². The van der Waals surface area contributed by atoms with E-state index in [9.17, 15) is 0 Å². The number of rotatable bonds is 2. The smallest absolute Gasteiger partial charge is 0.112 e. The largest absolute Gasteiger partial charge is 0.335 e. The summed E-state index contributed by atoms with van der Waals surface area (Å²) in [6.07, 6.45) is 6.26. The van der Waals surface area contributed by atoms with E-state index in [1.165, 1.54) is 42.9 Å². The van der Waals surface area contributed by atoms with Crippen LogP contribution in [0, 0.1) is 0 Å². The average Bonchev–Trinajstić information content (AvgIpc) is 3.04. The van der Waals surface area contributed by atoms with Crippen LogP contribution in [0.25, 0.3) is 0 Å². The molecule has 1 unspecified atom stereocenters. The van der Waals surface area contributed by atoms with Gasteiger partial charge < -0.3 is 9.88 Å². The van der Waals surface area contributed by atoms with Crippen LogP contribution in [0.2, 0.25) is 0 Å². The molecule has 1 fully saturated rings. The van der Waals surface area contributed by atoms with Crippen molar-refractivity contribution in [1.29, 1.82) is 0 Å². The van der Waals surface area contributed by atoms with E-state index < -0.39 is 0 Å². The zero-order chi connectivity index (χ0) is 10.4. The van der Waals surface area contributed by atoms with Gasteiger partial charge in [0.25, 0.3) is 0 Å². The number of fused-ring (bicyclic) bond motifs is 1. The lowest BCUT2D eigenvalue weighted by Gasteiger charge is -2.21. The first-order valence-corrected chi connectivity index (χ1v) is 6.01. The van der Waals surface area contributed by atoms with Crippen LogP contribution in [0.3, 0.4) is 0 Å². The zero-order valence-electron chi connectivity index (χ0n) is 9.58. The monoisotopic (exact) mass is 205 g/mol. The molecule has 0 radical (unpaired) electrons. The molecule has 3 rings (SSSR count). The minimum atomic E-state index is 0.638. The van der Waals surface area contributed by atoms with Crippen molar-refractivity contribution < 1.29 is 0 Å². The molecule has 0 bridgehead atoms. The summed E-state index contributed by atoms with van der Waals surface area (Å²) in [4.78, 5) is 4.83. The van der Waals surface area contributed by atoms with Gasteiger partial charge in [-0.25, -0.2) is 4.98 Å². The fraction of sp³-hybridized carbons (Fsp3) is 0.750. The highest BCUT2D eigenvalue weighted by molar-refractivity contribution is 5.24. The van der Waals surface area contributed by atoms with Gasteiger partial charge >= 0.3 is 0 Å². The highest BCUT2D eigenvalue weighted by Gasteiger charge is 2.31. The van der Waals surface area contributed by atoms with E-state index in [4.69, 9.17) is 4.98 Å². The summed E-state index contributed by atoms with van der Waals surface area (Å²) < 4.78 is 2.36. The normalized spacial score (nSPS) is 25.3. The second-order valence-corrected chi connectivity index (χ2v) is 4.93. The molecule has 1 heterocycles. The predicted octanol–water partition coefficient (Wildman–Crippen LogP) is 1.37. The van der Waals surface area contributed by atoms with Gasteiger partial charge in [0.1, 0.15) is 5.82 Å². The standard InChI is InChI=1S/C12H19N3/c1-13-9-5-6-11-10(7-9)14-12(15(11)2)8-3-4-8/h8-9,13H,3-7H2,1-2H3. The fourth-order valence-corrected chi connectivity index (χ4v) is 2.68. The van der Waals surface area contributed by atoms with Crippen molar-refractivity contribution >= 4 is 0 Å². The molecule has 82 valence electrons. The van der Waals surface area contributed by atoms with Crippen LogP contribution in [-0.2, 0) is 19.9 Å². The Kier molecular flexibility index (Phi) is 2.09. The molecule has 0 aromatic carbocycles. The molecule has 2 aliphatic carbocycles. The molecule has 1 atom stereocenters. The summed E-state index contributed by atoms with van der Waals surface area (Å²) in [7, 11) is 4.25. The van der Waals surface area contributed by atoms with Crippen molar-refractivity contribution in [3.05, 3.63) is 17.2 Å². The van der Waals surface area contributed by atoms with Crippen molar-refractivity contribution in [3.8, 4) is 0 Å². The Bertz CT molecular complexity index is 376. The maximum absolute atomic E-state index is 4.83. The van der Waals surface area contributed by atoms with Gasteiger partial charge in [-0.15, -0.1) is 0 Å². The lowest BCUT2D eigenvalue weighted by Crippen LogP contribution is -2.31. The van der Waals surface area contributed by atoms with Crippen molar-refractivity contribution in [1.82, 2.24) is 14.9 Å². The third-order valence-electron chi connectivity index (χ3n) is 3.85. The Morgan fingerprint density at radius 2 is 2.13 bits per heavy atom. The molecule has 0 spiro atoms. The lowest BCUT2D eigenvalue weighted by atomic mass is 9.96. The number of hydrogen-bond donors (Lipinski definition) is 1. The molecule has 0 aliphatic heterocycles. The number of imidazole rings is 1. The first-order valence-electron chi connectivity index (χ1n) is 6.01. The Labute approximate surface area is 90.9 Å². The second kappa shape index (κ2) is 3.34. The van der Waals surface area contributed by atoms with Crippen molar-refractivity contribution in [2.75, 3.05) is 7.05 Å². The summed E-state index contributed by atoms with van der Waals surface area (Å²) in [5.74, 6) is 2.12. The fourth-order valence-electron chi connectivity index (χ4n) is 2.68. The minimum Gasteiger partial charge on any atom is -0.335 e. The van der Waals surface area contributed by atoms with Gasteiger partial charge in [0.15, 0.2) is 0 Å². The van der Waals surface area contributed by atoms with E-state index in [0.29, 0.717) is 6.04 Å². The van der Waals surface area contributed by atoms with Crippen molar-refractivity contribution in [3.63, 3.8) is 0 Å². The van der Waals surface area contributed by atoms with Gasteiger partial charge in [0.2, 0.25) is 0 Å². The molecule has 1 N–H and O–H groups in total. The Morgan fingerprint density at radius 1 is 1.33 bits per heavy atom. The van der Waals surface area contributed by atoms with Crippen LogP contribution in [0.4, 0.5) is 0 Å². The predicted molar refractivity (Wildman–Crippen MR) is 60.1 cm³/mol. The highest BCUT2D eigenvalue weighted by Crippen LogP contribution is 2.40. The van der Waals surface area contributed by atoms with Crippen LogP contribution in [-0.4, -0.2) is 22.6 Å². The second-order valence-electron chi connectivity index (χ2n) is 4.93. The number of likely N-dealkylation sites (N-methyl/N-ethyl adjacent to an activating group) is 1. The molecular formula is C12H19N3. The van der Waals surface area contributed by atoms with E-state index in [-0.39, 0.29) is 0 Å².